The van der Waals surface area contributed by atoms with E-state index in [4.69, 9.17) is 5.73 Å². The van der Waals surface area contributed by atoms with Crippen LogP contribution in [0.4, 0.5) is 0 Å². The van der Waals surface area contributed by atoms with Gasteiger partial charge in [-0.25, -0.2) is 5.43 Å². The number of nitrogens with two attached hydrogens (primary N) is 1. The third kappa shape index (κ3) is 4.79. The molecule has 1 saturated carbocycles. The van der Waals surface area contributed by atoms with Crippen molar-refractivity contribution in [1.82, 2.24) is 10.4 Å². The summed E-state index contributed by atoms with van der Waals surface area (Å²) in [5.74, 6) is 0.754. The average molecular weight is 384 g/mol. The summed E-state index contributed by atoms with van der Waals surface area (Å²) >= 11 is 0. The number of nitrogens with zero attached hydrogens (tertiary/aromatic N) is 3. The molecule has 3 unspecified atom stereocenters. The molecule has 3 atom stereocenters. The number of hydrazone groups is 2. The lowest BCUT2D eigenvalue weighted by atomic mass is 9.80. The summed E-state index contributed by atoms with van der Waals surface area (Å²) in [6.07, 6.45) is 13.5. The molecule has 0 aromatic carbocycles. The zero-order chi connectivity index (χ0) is 20.1. The zero-order valence-electron chi connectivity index (χ0n) is 17.2. The van der Waals surface area contributed by atoms with Crippen molar-refractivity contribution in [1.29, 1.82) is 0 Å². The van der Waals surface area contributed by atoms with Gasteiger partial charge in [0.05, 0.1) is 11.4 Å². The number of likely N-dealkylation sites (N-methyl/N-ethyl adjacent to an activating group) is 1. The number of rotatable bonds is 6. The molecule has 0 aromatic rings. The molecule has 3 N–H and O–H groups in total. The average Bonchev–Trinajstić information content (AvgIpc) is 2.91. The zero-order valence-corrected chi connectivity index (χ0v) is 17.2. The summed E-state index contributed by atoms with van der Waals surface area (Å²) < 4.78 is 0. The fourth-order valence-electron chi connectivity index (χ4n) is 4.54. The van der Waals surface area contributed by atoms with Crippen molar-refractivity contribution in [3.63, 3.8) is 0 Å². The molecule has 1 amide bonds. The van der Waals surface area contributed by atoms with E-state index < -0.39 is 0 Å². The molecular weight excluding hydrogens is 350 g/mol. The van der Waals surface area contributed by atoms with Crippen LogP contribution in [0.5, 0.6) is 0 Å². The minimum Gasteiger partial charge on any atom is -0.325 e. The van der Waals surface area contributed by atoms with Crippen LogP contribution in [0, 0.1) is 17.8 Å². The van der Waals surface area contributed by atoms with E-state index in [1.54, 1.807) is 0 Å². The molecule has 3 rings (SSSR count). The fraction of sp³-hybridized carbons (Fsp3) is 0.591. The van der Waals surface area contributed by atoms with Crippen molar-refractivity contribution in [2.45, 2.75) is 51.9 Å². The van der Waals surface area contributed by atoms with Crippen molar-refractivity contribution in [2.24, 2.45) is 33.7 Å². The number of amides is 1. The lowest BCUT2D eigenvalue weighted by Crippen LogP contribution is -2.44. The topological polar surface area (TPSA) is 83.1 Å². The Morgan fingerprint density at radius 2 is 2.29 bits per heavy atom. The minimum atomic E-state index is 0.0231. The van der Waals surface area contributed by atoms with Gasteiger partial charge in [0.25, 0.3) is 0 Å². The maximum Gasteiger partial charge on any atom is 0.243 e. The number of hydrogen-bond donors (Lipinski definition) is 2. The highest BCUT2D eigenvalue weighted by Crippen LogP contribution is 2.36. The van der Waals surface area contributed by atoms with Crippen LogP contribution in [0.25, 0.3) is 0 Å². The molecule has 152 valence electrons. The Balaban J connectivity index is 1.58. The Kier molecular flexibility index (Phi) is 6.83. The van der Waals surface area contributed by atoms with Crippen LogP contribution in [0.3, 0.4) is 0 Å². The smallest absolute Gasteiger partial charge is 0.243 e. The lowest BCUT2D eigenvalue weighted by Gasteiger charge is -2.29. The van der Waals surface area contributed by atoms with Crippen molar-refractivity contribution in [3.05, 3.63) is 35.6 Å². The van der Waals surface area contributed by atoms with E-state index in [-0.39, 0.29) is 17.7 Å². The summed E-state index contributed by atoms with van der Waals surface area (Å²) in [5.41, 5.74) is 13.0. The number of nitrogens with one attached hydrogen (secondary N) is 1. The highest BCUT2D eigenvalue weighted by atomic mass is 16.2. The van der Waals surface area contributed by atoms with Gasteiger partial charge in [0, 0.05) is 31.6 Å². The normalized spacial score (nSPS) is 27.9. The number of hydrogen-bond acceptors (Lipinski definition) is 5. The molecule has 3 aliphatic rings. The Hall–Kier alpha value is -2.21. The van der Waals surface area contributed by atoms with Gasteiger partial charge in [0.2, 0.25) is 5.91 Å². The fourth-order valence-corrected chi connectivity index (χ4v) is 4.54. The Labute approximate surface area is 168 Å². The van der Waals surface area contributed by atoms with Crippen molar-refractivity contribution in [2.75, 3.05) is 13.6 Å². The summed E-state index contributed by atoms with van der Waals surface area (Å²) in [6, 6.07) is 0. The van der Waals surface area contributed by atoms with Gasteiger partial charge in [-0.3, -0.25) is 9.80 Å². The molecule has 6 heteroatoms. The van der Waals surface area contributed by atoms with Crippen molar-refractivity contribution < 1.29 is 4.79 Å². The first-order valence-electron chi connectivity index (χ1n) is 10.4. The number of allylic oxidation sites excluding steroid dienone is 4. The number of carbonyl (C=O) groups excluding carboxylic acids is 1. The van der Waals surface area contributed by atoms with Crippen LogP contribution in [0.2, 0.25) is 0 Å². The van der Waals surface area contributed by atoms with Gasteiger partial charge in [0.1, 0.15) is 0 Å². The van der Waals surface area contributed by atoms with Crippen molar-refractivity contribution >= 4 is 17.8 Å². The predicted molar refractivity (Wildman–Crippen MR) is 115 cm³/mol. The molecule has 0 spiro atoms. The molecular formula is C22H33N5O. The quantitative estimate of drug-likeness (QED) is 0.545. The van der Waals surface area contributed by atoms with E-state index in [0.717, 1.165) is 56.4 Å². The molecule has 6 nitrogen and oxygen atoms in total. The maximum absolute atomic E-state index is 12.2. The van der Waals surface area contributed by atoms with Crippen LogP contribution < -0.4 is 11.2 Å². The molecule has 28 heavy (non-hydrogen) atoms. The summed E-state index contributed by atoms with van der Waals surface area (Å²) in [7, 11) is 1.96. The Morgan fingerprint density at radius 1 is 1.46 bits per heavy atom. The van der Waals surface area contributed by atoms with Gasteiger partial charge in [-0.05, 0) is 50.5 Å². The number of fused-ring (bicyclic) bond motifs is 1. The largest absolute Gasteiger partial charge is 0.325 e. The minimum absolute atomic E-state index is 0.0231. The maximum atomic E-state index is 12.2. The monoisotopic (exact) mass is 383 g/mol. The van der Waals surface area contributed by atoms with Crippen molar-refractivity contribution in [3.8, 4) is 0 Å². The van der Waals surface area contributed by atoms with Crippen LogP contribution in [0.1, 0.15) is 51.9 Å². The highest BCUT2D eigenvalue weighted by Gasteiger charge is 2.37. The molecule has 2 aliphatic carbocycles. The second kappa shape index (κ2) is 9.32. The van der Waals surface area contributed by atoms with Crippen LogP contribution in [0.15, 0.2) is 45.8 Å². The molecule has 0 radical (unpaired) electrons. The molecule has 1 fully saturated rings. The SMILES string of the molecule is C=C(C1=CC(C)=CCC1)N(C)/N=C\CC1CCCC2C(=O)NN=C(CN)C2C1. The van der Waals surface area contributed by atoms with E-state index in [1.165, 1.54) is 11.1 Å². The molecule has 1 aliphatic heterocycles. The van der Waals surface area contributed by atoms with Gasteiger partial charge in [0.15, 0.2) is 0 Å². The van der Waals surface area contributed by atoms with Gasteiger partial charge >= 0.3 is 0 Å². The van der Waals surface area contributed by atoms with Gasteiger partial charge in [-0.15, -0.1) is 0 Å². The predicted octanol–water partition coefficient (Wildman–Crippen LogP) is 3.34. The van der Waals surface area contributed by atoms with E-state index in [0.29, 0.717) is 12.5 Å². The summed E-state index contributed by atoms with van der Waals surface area (Å²) in [6.45, 7) is 6.75. The molecule has 0 bridgehead atoms. The molecule has 0 saturated heterocycles. The van der Waals surface area contributed by atoms with E-state index in [1.807, 2.05) is 18.3 Å². The standard InChI is InChI=1S/C22H33N5O/c1-15-6-4-8-18(12-15)16(2)27(3)24-11-10-17-7-5-9-19-20(13-17)21(14-23)25-26-22(19)28/h6,11-12,17,19-20H,2,4-5,7-10,13-14,23H2,1,3H3,(H,26,28)/b24-11-. The third-order valence-electron chi connectivity index (χ3n) is 6.22. The van der Waals surface area contributed by atoms with E-state index in [9.17, 15) is 4.79 Å². The molecule has 0 aromatic heterocycles. The first-order valence-corrected chi connectivity index (χ1v) is 10.4. The molecule has 1 heterocycles. The van der Waals surface area contributed by atoms with Crippen LogP contribution in [-0.2, 0) is 4.79 Å². The second-order valence-electron chi connectivity index (χ2n) is 8.19. The number of carbonyl (C=O) groups is 1. The first kappa shape index (κ1) is 20.5. The summed E-state index contributed by atoms with van der Waals surface area (Å²) in [5, 5.41) is 10.7. The van der Waals surface area contributed by atoms with Gasteiger partial charge < -0.3 is 5.73 Å². The third-order valence-corrected chi connectivity index (χ3v) is 6.22. The van der Waals surface area contributed by atoms with Crippen LogP contribution in [-0.4, -0.2) is 36.4 Å². The van der Waals surface area contributed by atoms with E-state index >= 15 is 0 Å². The lowest BCUT2D eigenvalue weighted by molar-refractivity contribution is -0.126. The Bertz CT molecular complexity index is 733. The van der Waals surface area contributed by atoms with Crippen LogP contribution >= 0.6 is 0 Å². The van der Waals surface area contributed by atoms with Gasteiger partial charge in [-0.2, -0.15) is 10.2 Å². The Morgan fingerprint density at radius 3 is 3.04 bits per heavy atom. The first-order chi connectivity index (χ1) is 13.5. The summed E-state index contributed by atoms with van der Waals surface area (Å²) in [4.78, 5) is 12.2. The highest BCUT2D eigenvalue weighted by molar-refractivity contribution is 5.97. The second-order valence-corrected chi connectivity index (χ2v) is 8.19. The van der Waals surface area contributed by atoms with Gasteiger partial charge in [-0.1, -0.05) is 37.1 Å². The van der Waals surface area contributed by atoms with E-state index in [2.05, 4.69) is 41.3 Å².